The molecule has 232 valence electrons. The zero-order chi connectivity index (χ0) is 31.2. The Morgan fingerprint density at radius 2 is 1.16 bits per heavy atom. The fourth-order valence-corrected chi connectivity index (χ4v) is 7.03. The van der Waals surface area contributed by atoms with Crippen molar-refractivity contribution in [3.05, 3.63) is 90.0 Å². The van der Waals surface area contributed by atoms with Gasteiger partial charge in [0.1, 0.15) is 39.3 Å². The van der Waals surface area contributed by atoms with Crippen molar-refractivity contribution in [2.24, 2.45) is 17.6 Å². The van der Waals surface area contributed by atoms with E-state index in [0.29, 0.717) is 6.54 Å². The van der Waals surface area contributed by atoms with Gasteiger partial charge in [-0.05, 0) is 47.2 Å². The Balaban J connectivity index is 1.11. The van der Waals surface area contributed by atoms with Gasteiger partial charge >= 0.3 is 11.9 Å². The molecule has 1 amide bonds. The normalized spacial score (nSPS) is 22.2. The Morgan fingerprint density at radius 1 is 0.682 bits per heavy atom. The SMILES string of the molecule is NC(=O)C[N+]12CC[N+](CCCNc3ccc(-c4ccc(C[C@H](C(=O)O)[C@H](Cc5ccccc5)C(=O)O)cc4)cc3)(CC1)CC2. The second kappa shape index (κ2) is 13.6. The van der Waals surface area contributed by atoms with Gasteiger partial charge < -0.3 is 30.2 Å². The van der Waals surface area contributed by atoms with Gasteiger partial charge in [0.15, 0.2) is 6.54 Å². The monoisotopic (exact) mass is 600 g/mol. The molecule has 9 heteroatoms. The summed E-state index contributed by atoms with van der Waals surface area (Å²) in [7, 11) is 0. The Kier molecular flexibility index (Phi) is 9.66. The molecule has 0 spiro atoms. The molecular weight excluding hydrogens is 556 g/mol. The molecule has 3 saturated heterocycles. The molecule has 0 aliphatic carbocycles. The smallest absolute Gasteiger partial charge is 0.307 e. The number of nitrogens with zero attached hydrogens (tertiary/aromatic N) is 2. The third kappa shape index (κ3) is 7.65. The number of benzene rings is 3. The van der Waals surface area contributed by atoms with Gasteiger partial charge in [0, 0.05) is 18.7 Å². The summed E-state index contributed by atoms with van der Waals surface area (Å²) in [5.74, 6) is -4.44. The highest BCUT2D eigenvalue weighted by atomic mass is 16.4. The van der Waals surface area contributed by atoms with Crippen molar-refractivity contribution < 1.29 is 33.6 Å². The second-order valence-electron chi connectivity index (χ2n) is 12.7. The lowest BCUT2D eigenvalue weighted by atomic mass is 9.82. The fraction of sp³-hybridized carbons (Fsp3) is 0.400. The number of hydrogen-bond donors (Lipinski definition) is 4. The van der Waals surface area contributed by atoms with Crippen molar-refractivity contribution in [1.82, 2.24) is 0 Å². The number of carboxylic acid groups (broad SMARTS) is 2. The summed E-state index contributed by atoms with van der Waals surface area (Å²) in [6.45, 7) is 9.08. The van der Waals surface area contributed by atoms with E-state index in [1.807, 2.05) is 54.6 Å². The molecule has 3 heterocycles. The lowest BCUT2D eigenvalue weighted by Crippen LogP contribution is -2.76. The van der Waals surface area contributed by atoms with Crippen LogP contribution in [0.25, 0.3) is 11.1 Å². The van der Waals surface area contributed by atoms with Crippen LogP contribution in [0, 0.1) is 11.8 Å². The molecular formula is C35H44N4O5+2. The number of nitrogens with two attached hydrogens (primary N) is 1. The first-order valence-corrected chi connectivity index (χ1v) is 15.6. The molecule has 3 aromatic rings. The number of piperazine rings is 3. The molecule has 0 aromatic heterocycles. The Labute approximate surface area is 259 Å². The predicted molar refractivity (Wildman–Crippen MR) is 170 cm³/mol. The van der Waals surface area contributed by atoms with Gasteiger partial charge in [-0.15, -0.1) is 0 Å². The van der Waals surface area contributed by atoms with Crippen LogP contribution in [0.15, 0.2) is 78.9 Å². The van der Waals surface area contributed by atoms with Crippen LogP contribution >= 0.6 is 0 Å². The van der Waals surface area contributed by atoms with Crippen molar-refractivity contribution in [3.63, 3.8) is 0 Å². The lowest BCUT2D eigenvalue weighted by molar-refractivity contribution is -1.08. The van der Waals surface area contributed by atoms with Crippen LogP contribution in [0.4, 0.5) is 5.69 Å². The number of hydrogen-bond acceptors (Lipinski definition) is 4. The molecule has 5 N–H and O–H groups in total. The van der Waals surface area contributed by atoms with Crippen molar-refractivity contribution >= 4 is 23.5 Å². The standard InChI is InChI=1S/C35H42N4O5/c36-33(40)25-39-20-17-38(18-21-39,19-22-39)16-4-15-37-30-13-11-29(12-14-30)28-9-7-27(8-10-28)24-32(35(43)44)31(34(41)42)23-26-5-2-1-3-6-26/h1-3,5-14,31-32,37H,4,15-25H2,(H2-2,36,40,41,42,43,44)/p+2/t31-,32-,38?,39?/m0/s1. The molecule has 9 nitrogen and oxygen atoms in total. The molecule has 2 bridgehead atoms. The second-order valence-corrected chi connectivity index (χ2v) is 12.7. The number of fused-ring (bicyclic) bond motifs is 3. The fourth-order valence-electron chi connectivity index (χ4n) is 7.03. The number of aliphatic carboxylic acids is 2. The van der Waals surface area contributed by atoms with Gasteiger partial charge in [0.2, 0.25) is 0 Å². The molecule has 3 aliphatic heterocycles. The van der Waals surface area contributed by atoms with Crippen molar-refractivity contribution in [2.45, 2.75) is 19.3 Å². The Hall–Kier alpha value is -4.21. The first-order chi connectivity index (χ1) is 21.2. The van der Waals surface area contributed by atoms with E-state index in [1.54, 1.807) is 0 Å². The number of carbonyl (C=O) groups excluding carboxylic acids is 1. The first kappa shape index (κ1) is 31.2. The summed E-state index contributed by atoms with van der Waals surface area (Å²) < 4.78 is 2.04. The summed E-state index contributed by atoms with van der Waals surface area (Å²) in [5, 5.41) is 23.3. The predicted octanol–water partition coefficient (Wildman–Crippen LogP) is 3.49. The van der Waals surface area contributed by atoms with E-state index in [1.165, 1.54) is 0 Å². The molecule has 44 heavy (non-hydrogen) atoms. The zero-order valence-electron chi connectivity index (χ0n) is 25.2. The van der Waals surface area contributed by atoms with Gasteiger partial charge in [0.25, 0.3) is 5.91 Å². The topological polar surface area (TPSA) is 130 Å². The maximum atomic E-state index is 12.1. The third-order valence-electron chi connectivity index (χ3n) is 9.82. The van der Waals surface area contributed by atoms with Crippen LogP contribution in [0.5, 0.6) is 0 Å². The highest BCUT2D eigenvalue weighted by molar-refractivity contribution is 5.80. The summed E-state index contributed by atoms with van der Waals surface area (Å²) in [4.78, 5) is 35.7. The minimum Gasteiger partial charge on any atom is -0.481 e. The van der Waals surface area contributed by atoms with Crippen LogP contribution in [0.1, 0.15) is 17.5 Å². The summed E-state index contributed by atoms with van der Waals surface area (Å²) in [6, 6.07) is 25.2. The van der Waals surface area contributed by atoms with Crippen molar-refractivity contribution in [3.8, 4) is 11.1 Å². The van der Waals surface area contributed by atoms with E-state index in [4.69, 9.17) is 5.73 Å². The average Bonchev–Trinajstić information content (AvgIpc) is 3.02. The molecule has 2 atom stereocenters. The van der Waals surface area contributed by atoms with E-state index >= 15 is 0 Å². The largest absolute Gasteiger partial charge is 0.481 e. The van der Waals surface area contributed by atoms with Crippen molar-refractivity contribution in [1.29, 1.82) is 0 Å². The number of rotatable bonds is 15. The van der Waals surface area contributed by atoms with E-state index in [9.17, 15) is 24.6 Å². The third-order valence-corrected chi connectivity index (χ3v) is 9.82. The minimum atomic E-state index is -1.10. The Bertz CT molecular complexity index is 1420. The van der Waals surface area contributed by atoms with Crippen LogP contribution in [0.3, 0.4) is 0 Å². The van der Waals surface area contributed by atoms with Gasteiger partial charge in [-0.1, -0.05) is 66.7 Å². The van der Waals surface area contributed by atoms with E-state index in [0.717, 1.165) is 95.7 Å². The number of primary amides is 1. The molecule has 3 aliphatic rings. The highest BCUT2D eigenvalue weighted by Crippen LogP contribution is 2.28. The molecule has 3 aromatic carbocycles. The molecule has 0 unspecified atom stereocenters. The molecule has 6 rings (SSSR count). The minimum absolute atomic E-state index is 0.148. The van der Waals surface area contributed by atoms with Gasteiger partial charge in [0.05, 0.1) is 18.4 Å². The summed E-state index contributed by atoms with van der Waals surface area (Å²) in [6.07, 6.45) is 1.41. The number of carbonyl (C=O) groups is 3. The Morgan fingerprint density at radius 3 is 1.66 bits per heavy atom. The summed E-state index contributed by atoms with van der Waals surface area (Å²) >= 11 is 0. The number of nitrogens with one attached hydrogen (secondary N) is 1. The highest BCUT2D eigenvalue weighted by Gasteiger charge is 2.49. The van der Waals surface area contributed by atoms with Gasteiger partial charge in [-0.3, -0.25) is 14.4 Å². The zero-order valence-corrected chi connectivity index (χ0v) is 25.2. The quantitative estimate of drug-likeness (QED) is 0.156. The number of quaternary nitrogens is 2. The van der Waals surface area contributed by atoms with Crippen LogP contribution < -0.4 is 11.1 Å². The summed E-state index contributed by atoms with van der Waals surface area (Å²) in [5.41, 5.74) is 10.2. The maximum absolute atomic E-state index is 12.1. The van der Waals surface area contributed by atoms with Crippen LogP contribution in [-0.2, 0) is 27.2 Å². The molecule has 0 saturated carbocycles. The maximum Gasteiger partial charge on any atom is 0.307 e. The first-order valence-electron chi connectivity index (χ1n) is 15.6. The van der Waals surface area contributed by atoms with Crippen LogP contribution in [-0.4, -0.2) is 95.9 Å². The number of anilines is 1. The van der Waals surface area contributed by atoms with Crippen LogP contribution in [0.2, 0.25) is 0 Å². The average molecular weight is 601 g/mol. The van der Waals surface area contributed by atoms with Gasteiger partial charge in [-0.25, -0.2) is 0 Å². The lowest BCUT2D eigenvalue weighted by Gasteiger charge is -2.55. The van der Waals surface area contributed by atoms with Crippen molar-refractivity contribution in [2.75, 3.05) is 64.2 Å². The molecule has 3 fully saturated rings. The molecule has 0 radical (unpaired) electrons. The van der Waals surface area contributed by atoms with E-state index in [-0.39, 0.29) is 18.7 Å². The number of carboxylic acids is 2. The van der Waals surface area contributed by atoms with E-state index in [2.05, 4.69) is 29.6 Å². The number of amides is 1. The van der Waals surface area contributed by atoms with E-state index < -0.39 is 23.8 Å². The van der Waals surface area contributed by atoms with Gasteiger partial charge in [-0.2, -0.15) is 0 Å².